The quantitative estimate of drug-likeness (QED) is 0.458. The maximum absolute atomic E-state index is 5.63. The highest BCUT2D eigenvalue weighted by atomic mass is 16.5. The van der Waals surface area contributed by atoms with Crippen molar-refractivity contribution in [3.8, 4) is 34.5 Å². The second-order valence-electron chi connectivity index (χ2n) is 7.91. The molecule has 3 aromatic carbocycles. The van der Waals surface area contributed by atoms with Crippen LogP contribution in [0.1, 0.15) is 40.5 Å². The normalized spacial score (nSPS) is 16.7. The van der Waals surface area contributed by atoms with Crippen molar-refractivity contribution in [3.63, 3.8) is 0 Å². The van der Waals surface area contributed by atoms with Crippen molar-refractivity contribution in [2.45, 2.75) is 18.3 Å². The lowest BCUT2D eigenvalue weighted by molar-refractivity contribution is 0.353. The summed E-state index contributed by atoms with van der Waals surface area (Å²) in [6, 6.07) is 16.4. The van der Waals surface area contributed by atoms with Crippen LogP contribution in [-0.4, -0.2) is 42.7 Å². The summed E-state index contributed by atoms with van der Waals surface area (Å²) in [7, 11) is 9.93. The Labute approximate surface area is 195 Å². The number of hydrogen-bond acceptors (Lipinski definition) is 6. The zero-order chi connectivity index (χ0) is 23.5. The molecule has 0 aromatic heterocycles. The van der Waals surface area contributed by atoms with Crippen LogP contribution in [0, 0.1) is 0 Å². The summed E-state index contributed by atoms with van der Waals surface area (Å²) >= 11 is 0. The highest BCUT2D eigenvalue weighted by molar-refractivity contribution is 5.59. The average molecular weight is 451 g/mol. The van der Waals surface area contributed by atoms with E-state index in [2.05, 4.69) is 36.4 Å². The molecule has 2 unspecified atom stereocenters. The van der Waals surface area contributed by atoms with E-state index >= 15 is 0 Å². The Bertz CT molecular complexity index is 1050. The number of ether oxygens (including phenoxy) is 6. The minimum atomic E-state index is 0.151. The molecule has 0 saturated carbocycles. The summed E-state index contributed by atoms with van der Waals surface area (Å²) in [5, 5.41) is 0. The Morgan fingerprint density at radius 2 is 0.788 bits per heavy atom. The number of hydrogen-bond donors (Lipinski definition) is 0. The van der Waals surface area contributed by atoms with Crippen molar-refractivity contribution in [1.82, 2.24) is 0 Å². The van der Waals surface area contributed by atoms with Gasteiger partial charge in [0.15, 0.2) is 34.5 Å². The van der Waals surface area contributed by atoms with Crippen molar-refractivity contribution in [2.75, 3.05) is 42.7 Å². The van der Waals surface area contributed by atoms with Gasteiger partial charge in [0.1, 0.15) is 0 Å². The summed E-state index contributed by atoms with van der Waals surface area (Å²) in [5.41, 5.74) is 4.73. The molecule has 0 amide bonds. The van der Waals surface area contributed by atoms with Crippen LogP contribution in [0.15, 0.2) is 48.5 Å². The molecule has 0 heterocycles. The van der Waals surface area contributed by atoms with E-state index in [9.17, 15) is 0 Å². The van der Waals surface area contributed by atoms with Crippen LogP contribution in [0.2, 0.25) is 0 Å². The predicted molar refractivity (Wildman–Crippen MR) is 127 cm³/mol. The van der Waals surface area contributed by atoms with Gasteiger partial charge in [0, 0.05) is 11.8 Å². The Morgan fingerprint density at radius 3 is 1.12 bits per heavy atom. The van der Waals surface area contributed by atoms with Crippen LogP contribution in [-0.2, 0) is 0 Å². The van der Waals surface area contributed by atoms with E-state index in [1.54, 1.807) is 42.7 Å². The third kappa shape index (κ3) is 4.01. The minimum absolute atomic E-state index is 0.151. The van der Waals surface area contributed by atoms with Crippen LogP contribution >= 0.6 is 0 Å². The smallest absolute Gasteiger partial charge is 0.161 e. The van der Waals surface area contributed by atoms with E-state index in [1.807, 2.05) is 12.1 Å². The van der Waals surface area contributed by atoms with Gasteiger partial charge in [-0.05, 0) is 65.1 Å². The second kappa shape index (κ2) is 9.53. The molecule has 0 spiro atoms. The Kier molecular flexibility index (Phi) is 6.54. The van der Waals surface area contributed by atoms with E-state index in [0.29, 0.717) is 23.0 Å². The number of benzene rings is 3. The average Bonchev–Trinajstić information content (AvgIpc) is 3.25. The molecule has 0 radical (unpaired) electrons. The van der Waals surface area contributed by atoms with E-state index in [4.69, 9.17) is 28.4 Å². The van der Waals surface area contributed by atoms with Gasteiger partial charge in [-0.3, -0.25) is 0 Å². The summed E-state index contributed by atoms with van der Waals surface area (Å²) in [4.78, 5) is 0. The van der Waals surface area contributed by atoms with Crippen LogP contribution in [0.25, 0.3) is 0 Å². The number of methoxy groups -OCH3 is 6. The summed E-state index contributed by atoms with van der Waals surface area (Å²) < 4.78 is 33.3. The first-order chi connectivity index (χ1) is 16.1. The molecule has 6 heteroatoms. The molecule has 1 aliphatic rings. The molecule has 174 valence electrons. The molecule has 0 aliphatic heterocycles. The summed E-state index contributed by atoms with van der Waals surface area (Å²) in [6.07, 6.45) is 0.886. The first-order valence-electron chi connectivity index (χ1n) is 10.8. The lowest BCUT2D eigenvalue weighted by Gasteiger charge is -2.17. The van der Waals surface area contributed by atoms with E-state index in [0.717, 1.165) is 29.0 Å². The van der Waals surface area contributed by atoms with Gasteiger partial charge in [-0.2, -0.15) is 0 Å². The first-order valence-corrected chi connectivity index (χ1v) is 10.8. The molecule has 4 rings (SSSR count). The molecule has 2 atom stereocenters. The van der Waals surface area contributed by atoms with E-state index in [1.165, 1.54) is 11.1 Å². The van der Waals surface area contributed by atoms with Crippen molar-refractivity contribution >= 4 is 0 Å². The third-order valence-corrected chi connectivity index (χ3v) is 6.43. The zero-order valence-corrected chi connectivity index (χ0v) is 19.9. The van der Waals surface area contributed by atoms with Crippen LogP contribution in [0.5, 0.6) is 34.5 Å². The predicted octanol–water partition coefficient (Wildman–Crippen LogP) is 5.41. The zero-order valence-electron chi connectivity index (χ0n) is 19.9. The Balaban J connectivity index is 1.86. The molecule has 3 aromatic rings. The standard InChI is InChI=1S/C27H30O6/c1-28-22-9-7-16(11-24(22)30-3)18-13-19(17-8-10-23(29-2)25(12-17)31-4)21-15-27(33-6)26(32-5)14-20(18)21/h7-12,14-15,18-19H,13H2,1-6H3. The highest BCUT2D eigenvalue weighted by Gasteiger charge is 2.35. The largest absolute Gasteiger partial charge is 0.493 e. The van der Waals surface area contributed by atoms with Crippen LogP contribution in [0.3, 0.4) is 0 Å². The SMILES string of the molecule is COc1ccc(C2CC(c3ccc(OC)c(OC)c3)c3cc(OC)c(OC)cc32)cc1OC. The third-order valence-electron chi connectivity index (χ3n) is 6.43. The fraction of sp³-hybridized carbons (Fsp3) is 0.333. The van der Waals surface area contributed by atoms with Crippen molar-refractivity contribution in [3.05, 3.63) is 70.8 Å². The van der Waals surface area contributed by atoms with Gasteiger partial charge in [-0.15, -0.1) is 0 Å². The molecule has 0 N–H and O–H groups in total. The molecule has 0 fully saturated rings. The second-order valence-corrected chi connectivity index (χ2v) is 7.91. The Hall–Kier alpha value is -3.54. The lowest BCUT2D eigenvalue weighted by atomic mass is 9.90. The van der Waals surface area contributed by atoms with Gasteiger partial charge < -0.3 is 28.4 Å². The maximum Gasteiger partial charge on any atom is 0.161 e. The fourth-order valence-corrected chi connectivity index (χ4v) is 4.77. The van der Waals surface area contributed by atoms with Crippen LogP contribution < -0.4 is 28.4 Å². The Morgan fingerprint density at radius 1 is 0.455 bits per heavy atom. The highest BCUT2D eigenvalue weighted by Crippen LogP contribution is 2.52. The number of rotatable bonds is 8. The molecule has 0 bridgehead atoms. The molecule has 6 nitrogen and oxygen atoms in total. The first kappa shape index (κ1) is 22.6. The van der Waals surface area contributed by atoms with Gasteiger partial charge in [0.2, 0.25) is 0 Å². The molecule has 1 aliphatic carbocycles. The molecular weight excluding hydrogens is 420 g/mol. The van der Waals surface area contributed by atoms with Gasteiger partial charge in [-0.25, -0.2) is 0 Å². The summed E-state index contributed by atoms with van der Waals surface area (Å²) in [6.45, 7) is 0. The fourth-order valence-electron chi connectivity index (χ4n) is 4.77. The van der Waals surface area contributed by atoms with Gasteiger partial charge in [-0.1, -0.05) is 12.1 Å². The van der Waals surface area contributed by atoms with Crippen molar-refractivity contribution in [1.29, 1.82) is 0 Å². The summed E-state index contributed by atoms with van der Waals surface area (Å²) in [5.74, 6) is 4.59. The molecular formula is C27H30O6. The van der Waals surface area contributed by atoms with E-state index < -0.39 is 0 Å². The molecule has 33 heavy (non-hydrogen) atoms. The maximum atomic E-state index is 5.63. The van der Waals surface area contributed by atoms with Gasteiger partial charge in [0.25, 0.3) is 0 Å². The van der Waals surface area contributed by atoms with Crippen molar-refractivity contribution < 1.29 is 28.4 Å². The monoisotopic (exact) mass is 450 g/mol. The van der Waals surface area contributed by atoms with E-state index in [-0.39, 0.29) is 11.8 Å². The van der Waals surface area contributed by atoms with Gasteiger partial charge in [0.05, 0.1) is 42.7 Å². The van der Waals surface area contributed by atoms with Gasteiger partial charge >= 0.3 is 0 Å². The van der Waals surface area contributed by atoms with Crippen LogP contribution in [0.4, 0.5) is 0 Å². The topological polar surface area (TPSA) is 55.4 Å². The minimum Gasteiger partial charge on any atom is -0.493 e. The van der Waals surface area contributed by atoms with Crippen molar-refractivity contribution in [2.24, 2.45) is 0 Å². The lowest BCUT2D eigenvalue weighted by Crippen LogP contribution is -2.00. The number of fused-ring (bicyclic) bond motifs is 1. The molecule has 0 saturated heterocycles.